The van der Waals surface area contributed by atoms with Crippen molar-refractivity contribution in [2.45, 2.75) is 39.2 Å². The number of aliphatic hydroxyl groups excluding tert-OH is 1. The topological polar surface area (TPSA) is 40.5 Å². The molecule has 2 unspecified atom stereocenters. The van der Waals surface area contributed by atoms with Crippen LogP contribution in [0.15, 0.2) is 30.9 Å². The number of carbonyl (C=O) groups excluding carboxylic acids is 1. The SMILES string of the molecule is C=CC(C)(CC)C(=O)N1CCC(C(O)c2cc(F)ccc2F)CC1. The maximum absolute atomic E-state index is 13.8. The molecule has 0 radical (unpaired) electrons. The lowest BCUT2D eigenvalue weighted by molar-refractivity contribution is -0.141. The third kappa shape index (κ3) is 3.66. The van der Waals surface area contributed by atoms with E-state index in [9.17, 15) is 18.7 Å². The first kappa shape index (κ1) is 18.6. The second-order valence-electron chi connectivity index (χ2n) is 6.72. The van der Waals surface area contributed by atoms with Crippen molar-refractivity contribution in [2.24, 2.45) is 11.3 Å². The van der Waals surface area contributed by atoms with Crippen molar-refractivity contribution in [1.82, 2.24) is 4.90 Å². The average molecular weight is 337 g/mol. The van der Waals surface area contributed by atoms with Crippen LogP contribution in [0.25, 0.3) is 0 Å². The molecule has 1 aromatic rings. The Morgan fingerprint density at radius 2 is 2.08 bits per heavy atom. The van der Waals surface area contributed by atoms with Gasteiger partial charge in [-0.2, -0.15) is 0 Å². The van der Waals surface area contributed by atoms with Gasteiger partial charge in [-0.1, -0.05) is 13.0 Å². The number of hydrogen-bond acceptors (Lipinski definition) is 2. The van der Waals surface area contributed by atoms with Crippen molar-refractivity contribution in [3.05, 3.63) is 48.1 Å². The van der Waals surface area contributed by atoms with E-state index in [-0.39, 0.29) is 17.4 Å². The zero-order chi connectivity index (χ0) is 17.9. The van der Waals surface area contributed by atoms with Gasteiger partial charge in [0.2, 0.25) is 5.91 Å². The Labute approximate surface area is 142 Å². The van der Waals surface area contributed by atoms with E-state index >= 15 is 0 Å². The predicted octanol–water partition coefficient (Wildman–Crippen LogP) is 3.84. The normalized spacial score (nSPS) is 19.6. The summed E-state index contributed by atoms with van der Waals surface area (Å²) in [5.41, 5.74) is -0.593. The molecule has 3 nitrogen and oxygen atoms in total. The molecule has 0 bridgehead atoms. The van der Waals surface area contributed by atoms with Gasteiger partial charge in [0.1, 0.15) is 11.6 Å². The molecule has 1 amide bonds. The van der Waals surface area contributed by atoms with Crippen LogP contribution >= 0.6 is 0 Å². The number of halogens is 2. The number of carbonyl (C=O) groups is 1. The summed E-state index contributed by atoms with van der Waals surface area (Å²) in [5, 5.41) is 10.4. The highest BCUT2D eigenvalue weighted by atomic mass is 19.1. The molecule has 1 heterocycles. The number of nitrogens with zero attached hydrogens (tertiary/aromatic N) is 1. The van der Waals surface area contributed by atoms with Gasteiger partial charge >= 0.3 is 0 Å². The minimum atomic E-state index is -1.06. The number of amides is 1. The van der Waals surface area contributed by atoms with Gasteiger partial charge in [-0.15, -0.1) is 6.58 Å². The summed E-state index contributed by atoms with van der Waals surface area (Å²) < 4.78 is 27.1. The van der Waals surface area contributed by atoms with E-state index in [0.29, 0.717) is 32.4 Å². The molecule has 1 fully saturated rings. The summed E-state index contributed by atoms with van der Waals surface area (Å²) in [4.78, 5) is 14.4. The number of benzene rings is 1. The molecule has 0 saturated carbocycles. The molecule has 1 saturated heterocycles. The van der Waals surface area contributed by atoms with Crippen LogP contribution in [-0.4, -0.2) is 29.0 Å². The summed E-state index contributed by atoms with van der Waals surface area (Å²) in [5.74, 6) is -1.33. The van der Waals surface area contributed by atoms with E-state index in [2.05, 4.69) is 6.58 Å². The van der Waals surface area contributed by atoms with E-state index < -0.39 is 23.2 Å². The standard InChI is InChI=1S/C19H25F2NO2/c1-4-19(3,5-2)18(24)22-10-8-13(9-11-22)17(23)15-12-14(20)6-7-16(15)21/h4,6-7,12-13,17,23H,1,5,8-11H2,2-3H3. The molecule has 1 aromatic carbocycles. The fourth-order valence-corrected chi connectivity index (χ4v) is 3.16. The number of likely N-dealkylation sites (tertiary alicyclic amines) is 1. The van der Waals surface area contributed by atoms with Gasteiger partial charge in [0.25, 0.3) is 0 Å². The van der Waals surface area contributed by atoms with Crippen molar-refractivity contribution in [3.8, 4) is 0 Å². The molecule has 24 heavy (non-hydrogen) atoms. The summed E-state index contributed by atoms with van der Waals surface area (Å²) in [6, 6.07) is 3.11. The lowest BCUT2D eigenvalue weighted by Gasteiger charge is -2.38. The highest BCUT2D eigenvalue weighted by Gasteiger charge is 2.36. The summed E-state index contributed by atoms with van der Waals surface area (Å²) >= 11 is 0. The summed E-state index contributed by atoms with van der Waals surface area (Å²) in [7, 11) is 0. The van der Waals surface area contributed by atoms with Gasteiger partial charge in [0, 0.05) is 18.7 Å². The predicted molar refractivity (Wildman–Crippen MR) is 89.2 cm³/mol. The van der Waals surface area contributed by atoms with E-state index in [4.69, 9.17) is 0 Å². The number of rotatable bonds is 5. The number of aliphatic hydroxyl groups is 1. The molecular weight excluding hydrogens is 312 g/mol. The lowest BCUT2D eigenvalue weighted by atomic mass is 9.83. The second-order valence-corrected chi connectivity index (χ2v) is 6.72. The molecule has 1 aliphatic rings. The quantitative estimate of drug-likeness (QED) is 0.830. The van der Waals surface area contributed by atoms with Gasteiger partial charge in [0.05, 0.1) is 11.5 Å². The fraction of sp³-hybridized carbons (Fsp3) is 0.526. The molecular formula is C19H25F2NO2. The largest absolute Gasteiger partial charge is 0.388 e. The molecule has 0 aliphatic carbocycles. The summed E-state index contributed by atoms with van der Waals surface area (Å²) in [6.45, 7) is 8.57. The third-order valence-corrected chi connectivity index (χ3v) is 5.22. The molecule has 2 rings (SSSR count). The molecule has 1 aliphatic heterocycles. The Bertz CT molecular complexity index is 611. The van der Waals surface area contributed by atoms with Crippen molar-refractivity contribution in [3.63, 3.8) is 0 Å². The van der Waals surface area contributed by atoms with Crippen LogP contribution in [0.5, 0.6) is 0 Å². The van der Waals surface area contributed by atoms with Crippen LogP contribution in [0.1, 0.15) is 44.8 Å². The Morgan fingerprint density at radius 1 is 1.46 bits per heavy atom. The van der Waals surface area contributed by atoms with Crippen molar-refractivity contribution < 1.29 is 18.7 Å². The van der Waals surface area contributed by atoms with E-state index in [0.717, 1.165) is 18.2 Å². The van der Waals surface area contributed by atoms with Crippen LogP contribution in [0, 0.1) is 23.0 Å². The molecule has 0 aromatic heterocycles. The van der Waals surface area contributed by atoms with Crippen molar-refractivity contribution in [2.75, 3.05) is 13.1 Å². The van der Waals surface area contributed by atoms with Crippen molar-refractivity contribution >= 4 is 5.91 Å². The van der Waals surface area contributed by atoms with Gasteiger partial charge in [-0.05, 0) is 50.3 Å². The highest BCUT2D eigenvalue weighted by molar-refractivity contribution is 5.84. The smallest absolute Gasteiger partial charge is 0.232 e. The number of piperidine rings is 1. The maximum atomic E-state index is 13.8. The molecule has 132 valence electrons. The Hall–Kier alpha value is -1.75. The molecule has 5 heteroatoms. The maximum Gasteiger partial charge on any atom is 0.232 e. The second kappa shape index (κ2) is 7.43. The van der Waals surface area contributed by atoms with Crippen LogP contribution in [0.2, 0.25) is 0 Å². The van der Waals surface area contributed by atoms with E-state index in [1.165, 1.54) is 0 Å². The lowest BCUT2D eigenvalue weighted by Crippen LogP contribution is -2.46. The van der Waals surface area contributed by atoms with Gasteiger partial charge in [-0.3, -0.25) is 4.79 Å². The summed E-state index contributed by atoms with van der Waals surface area (Å²) in [6.07, 6.45) is 2.40. The Morgan fingerprint density at radius 3 is 2.62 bits per heavy atom. The molecule has 0 spiro atoms. The minimum absolute atomic E-state index is 0.00994. The first-order valence-corrected chi connectivity index (χ1v) is 8.38. The van der Waals surface area contributed by atoms with E-state index in [1.807, 2.05) is 13.8 Å². The fourth-order valence-electron chi connectivity index (χ4n) is 3.16. The molecule has 1 N–H and O–H groups in total. The molecule has 2 atom stereocenters. The first-order chi connectivity index (χ1) is 11.3. The van der Waals surface area contributed by atoms with Crippen LogP contribution in [0.4, 0.5) is 8.78 Å². The van der Waals surface area contributed by atoms with Gasteiger partial charge in [-0.25, -0.2) is 8.78 Å². The van der Waals surface area contributed by atoms with Crippen molar-refractivity contribution in [1.29, 1.82) is 0 Å². The number of hydrogen-bond donors (Lipinski definition) is 1. The monoisotopic (exact) mass is 337 g/mol. The van der Waals surface area contributed by atoms with Crippen LogP contribution in [-0.2, 0) is 4.79 Å². The average Bonchev–Trinajstić information content (AvgIpc) is 2.62. The van der Waals surface area contributed by atoms with Gasteiger partial charge < -0.3 is 10.0 Å². The van der Waals surface area contributed by atoms with Crippen LogP contribution < -0.4 is 0 Å². The zero-order valence-corrected chi connectivity index (χ0v) is 14.3. The van der Waals surface area contributed by atoms with Gasteiger partial charge in [0.15, 0.2) is 0 Å². The first-order valence-electron chi connectivity index (χ1n) is 8.38. The minimum Gasteiger partial charge on any atom is -0.388 e. The van der Waals surface area contributed by atoms with Crippen LogP contribution in [0.3, 0.4) is 0 Å². The Balaban J connectivity index is 2.03. The zero-order valence-electron chi connectivity index (χ0n) is 14.3. The highest BCUT2D eigenvalue weighted by Crippen LogP contribution is 2.34. The third-order valence-electron chi connectivity index (χ3n) is 5.22. The van der Waals surface area contributed by atoms with E-state index in [1.54, 1.807) is 11.0 Å². The Kier molecular flexibility index (Phi) is 5.75.